The van der Waals surface area contributed by atoms with Crippen LogP contribution in [0.2, 0.25) is 0 Å². The summed E-state index contributed by atoms with van der Waals surface area (Å²) in [5, 5.41) is 0. The third kappa shape index (κ3) is 4.95. The van der Waals surface area contributed by atoms with Gasteiger partial charge in [0, 0.05) is 6.61 Å². The van der Waals surface area contributed by atoms with Gasteiger partial charge in [-0.2, -0.15) is 0 Å². The zero-order valence-electron chi connectivity index (χ0n) is 9.31. The van der Waals surface area contributed by atoms with Crippen molar-refractivity contribution in [3.63, 3.8) is 0 Å². The minimum absolute atomic E-state index is 0.0551. The van der Waals surface area contributed by atoms with Crippen molar-refractivity contribution in [2.75, 3.05) is 24.7 Å². The first kappa shape index (κ1) is 12.9. The van der Waals surface area contributed by atoms with E-state index in [0.717, 1.165) is 19.4 Å². The number of nitrogens with two attached hydrogens (primary N) is 1. The summed E-state index contributed by atoms with van der Waals surface area (Å²) in [6, 6.07) is 0. The fraction of sp³-hybridized carbons (Fsp3) is 1.00. The summed E-state index contributed by atoms with van der Waals surface area (Å²) in [5.41, 5.74) is 5.41. The molecule has 2 N–H and O–H groups in total. The second-order valence-corrected chi connectivity index (χ2v) is 6.61. The number of hydrogen-bond acceptors (Lipinski definition) is 4. The Labute approximate surface area is 92.1 Å². The molecular weight excluding hydrogens is 214 g/mol. The molecule has 90 valence electrons. The number of rotatable bonds is 6. The molecule has 2 unspecified atom stereocenters. The Hall–Kier alpha value is -0.130. The van der Waals surface area contributed by atoms with Crippen LogP contribution in [0.25, 0.3) is 0 Å². The topological polar surface area (TPSA) is 69.4 Å². The second kappa shape index (κ2) is 5.82. The molecule has 2 atom stereocenters. The van der Waals surface area contributed by atoms with Crippen molar-refractivity contribution < 1.29 is 13.2 Å². The predicted molar refractivity (Wildman–Crippen MR) is 60.5 cm³/mol. The third-order valence-electron chi connectivity index (χ3n) is 2.72. The van der Waals surface area contributed by atoms with Crippen molar-refractivity contribution in [3.05, 3.63) is 0 Å². The van der Waals surface area contributed by atoms with Crippen LogP contribution in [0.4, 0.5) is 0 Å². The predicted octanol–water partition coefficient (Wildman–Crippen LogP) is 0.565. The minimum atomic E-state index is -2.94. The van der Waals surface area contributed by atoms with E-state index in [1.807, 2.05) is 6.92 Å². The lowest BCUT2D eigenvalue weighted by Crippen LogP contribution is -2.24. The molecule has 4 nitrogen and oxygen atoms in total. The first-order valence-electron chi connectivity index (χ1n) is 5.55. The molecule has 1 aliphatic heterocycles. The molecule has 0 radical (unpaired) electrons. The number of ether oxygens (including phenoxy) is 1. The average Bonchev–Trinajstić information content (AvgIpc) is 2.66. The molecule has 1 rings (SSSR count). The van der Waals surface area contributed by atoms with Crippen LogP contribution in [0, 0.1) is 5.92 Å². The first-order valence-corrected chi connectivity index (χ1v) is 7.38. The molecule has 1 saturated heterocycles. The summed E-state index contributed by atoms with van der Waals surface area (Å²) in [5.74, 6) is 0.498. The van der Waals surface area contributed by atoms with E-state index in [-0.39, 0.29) is 23.5 Å². The number of sulfone groups is 1. The van der Waals surface area contributed by atoms with Crippen molar-refractivity contribution in [2.45, 2.75) is 32.3 Å². The van der Waals surface area contributed by atoms with Crippen molar-refractivity contribution in [1.29, 1.82) is 0 Å². The quantitative estimate of drug-likeness (QED) is 0.730. The smallest absolute Gasteiger partial charge is 0.150 e. The Bertz CT molecular complexity index is 270. The van der Waals surface area contributed by atoms with Gasteiger partial charge in [-0.25, -0.2) is 8.42 Å². The molecule has 1 fully saturated rings. The maximum Gasteiger partial charge on any atom is 0.150 e. The van der Waals surface area contributed by atoms with E-state index in [1.54, 1.807) is 0 Å². The van der Waals surface area contributed by atoms with Crippen LogP contribution >= 0.6 is 0 Å². The largest absolute Gasteiger partial charge is 0.378 e. The van der Waals surface area contributed by atoms with Crippen molar-refractivity contribution in [2.24, 2.45) is 11.7 Å². The maximum atomic E-state index is 11.6. The molecule has 5 heteroatoms. The van der Waals surface area contributed by atoms with Crippen molar-refractivity contribution >= 4 is 9.84 Å². The Morgan fingerprint density at radius 1 is 1.53 bits per heavy atom. The lowest BCUT2D eigenvalue weighted by atomic mass is 10.2. The monoisotopic (exact) mass is 235 g/mol. The molecule has 0 amide bonds. The minimum Gasteiger partial charge on any atom is -0.378 e. The lowest BCUT2D eigenvalue weighted by molar-refractivity contribution is 0.109. The number of hydrogen-bond donors (Lipinski definition) is 1. The van der Waals surface area contributed by atoms with E-state index in [0.29, 0.717) is 13.0 Å². The fourth-order valence-electron chi connectivity index (χ4n) is 1.77. The normalized spacial score (nSPS) is 24.3. The van der Waals surface area contributed by atoms with Gasteiger partial charge in [-0.05, 0) is 31.7 Å². The van der Waals surface area contributed by atoms with Gasteiger partial charge in [-0.1, -0.05) is 6.92 Å². The van der Waals surface area contributed by atoms with E-state index in [4.69, 9.17) is 10.5 Å². The van der Waals surface area contributed by atoms with Crippen LogP contribution in [0.5, 0.6) is 0 Å². The van der Waals surface area contributed by atoms with Gasteiger partial charge in [-0.3, -0.25) is 0 Å². The Morgan fingerprint density at radius 3 is 2.80 bits per heavy atom. The first-order chi connectivity index (χ1) is 7.03. The van der Waals surface area contributed by atoms with Gasteiger partial charge in [0.2, 0.25) is 0 Å². The van der Waals surface area contributed by atoms with Crippen LogP contribution in [-0.4, -0.2) is 39.2 Å². The Morgan fingerprint density at radius 2 is 2.27 bits per heavy atom. The fourth-order valence-corrected chi connectivity index (χ4v) is 3.56. The van der Waals surface area contributed by atoms with Gasteiger partial charge < -0.3 is 10.5 Å². The highest BCUT2D eigenvalue weighted by Crippen LogP contribution is 2.16. The molecule has 0 spiro atoms. The molecule has 1 heterocycles. The zero-order valence-corrected chi connectivity index (χ0v) is 10.1. The average molecular weight is 235 g/mol. The van der Waals surface area contributed by atoms with Gasteiger partial charge in [0.05, 0.1) is 17.6 Å². The summed E-state index contributed by atoms with van der Waals surface area (Å²) < 4.78 is 28.7. The van der Waals surface area contributed by atoms with E-state index in [9.17, 15) is 8.42 Å². The van der Waals surface area contributed by atoms with Gasteiger partial charge in [0.15, 0.2) is 9.84 Å². The van der Waals surface area contributed by atoms with Gasteiger partial charge in [0.25, 0.3) is 0 Å². The summed E-state index contributed by atoms with van der Waals surface area (Å²) in [6.07, 6.45) is 2.86. The van der Waals surface area contributed by atoms with E-state index in [1.165, 1.54) is 0 Å². The second-order valence-electron chi connectivity index (χ2n) is 4.38. The summed E-state index contributed by atoms with van der Waals surface area (Å²) in [6.45, 7) is 3.08. The molecule has 0 aromatic heterocycles. The van der Waals surface area contributed by atoms with E-state index >= 15 is 0 Å². The van der Waals surface area contributed by atoms with E-state index < -0.39 is 9.84 Å². The molecular formula is C10H21NO3S. The van der Waals surface area contributed by atoms with E-state index in [2.05, 4.69) is 0 Å². The van der Waals surface area contributed by atoms with Crippen molar-refractivity contribution in [3.8, 4) is 0 Å². The highest BCUT2D eigenvalue weighted by Gasteiger charge is 2.20. The Kier molecular flexibility index (Phi) is 5.02. The highest BCUT2D eigenvalue weighted by atomic mass is 32.2. The van der Waals surface area contributed by atoms with Crippen LogP contribution in [0.3, 0.4) is 0 Å². The van der Waals surface area contributed by atoms with Gasteiger partial charge >= 0.3 is 0 Å². The molecule has 15 heavy (non-hydrogen) atoms. The van der Waals surface area contributed by atoms with Crippen LogP contribution in [0.15, 0.2) is 0 Å². The highest BCUT2D eigenvalue weighted by molar-refractivity contribution is 7.91. The van der Waals surface area contributed by atoms with Crippen molar-refractivity contribution in [1.82, 2.24) is 0 Å². The third-order valence-corrected chi connectivity index (χ3v) is 4.65. The summed E-state index contributed by atoms with van der Waals surface area (Å²) in [4.78, 5) is 0. The van der Waals surface area contributed by atoms with Gasteiger partial charge in [-0.15, -0.1) is 0 Å². The molecule has 0 aromatic rings. The van der Waals surface area contributed by atoms with Crippen LogP contribution in [-0.2, 0) is 14.6 Å². The van der Waals surface area contributed by atoms with Crippen LogP contribution in [0.1, 0.15) is 26.2 Å². The standard InChI is InChI=1S/C10H21NO3S/c1-9(7-11)8-15(12,13)6-4-10-3-2-5-14-10/h9-10H,2-8,11H2,1H3. The zero-order chi connectivity index (χ0) is 11.3. The van der Waals surface area contributed by atoms with Crippen LogP contribution < -0.4 is 5.73 Å². The Balaban J connectivity index is 2.29. The molecule has 0 saturated carbocycles. The molecule has 0 aromatic carbocycles. The molecule has 0 bridgehead atoms. The molecule has 1 aliphatic rings. The SMILES string of the molecule is CC(CN)CS(=O)(=O)CCC1CCCO1. The molecule has 0 aliphatic carbocycles. The van der Waals surface area contributed by atoms with Gasteiger partial charge in [0.1, 0.15) is 0 Å². The summed E-state index contributed by atoms with van der Waals surface area (Å²) in [7, 11) is -2.94. The summed E-state index contributed by atoms with van der Waals surface area (Å²) >= 11 is 0. The maximum absolute atomic E-state index is 11.6. The lowest BCUT2D eigenvalue weighted by Gasteiger charge is -2.12.